The summed E-state index contributed by atoms with van der Waals surface area (Å²) >= 11 is 0. The molecule has 5 heteroatoms. The van der Waals surface area contributed by atoms with Gasteiger partial charge in [0.25, 0.3) is 0 Å². The first-order chi connectivity index (χ1) is 7.59. The smallest absolute Gasteiger partial charge is 0.207 e. The van der Waals surface area contributed by atoms with Crippen LogP contribution in [0.3, 0.4) is 0 Å². The van der Waals surface area contributed by atoms with E-state index in [2.05, 4.69) is 11.5 Å². The summed E-state index contributed by atoms with van der Waals surface area (Å²) in [6, 6.07) is 2.54. The van der Waals surface area contributed by atoms with E-state index in [4.69, 9.17) is 0 Å². The van der Waals surface area contributed by atoms with Crippen LogP contribution in [-0.2, 0) is 6.18 Å². The molecule has 0 amide bonds. The summed E-state index contributed by atoms with van der Waals surface area (Å²) in [4.78, 5) is 0. The Balaban J connectivity index is 3.29. The summed E-state index contributed by atoms with van der Waals surface area (Å²) in [7, 11) is -1.76. The van der Waals surface area contributed by atoms with E-state index in [1.807, 2.05) is 19.6 Å². The van der Waals surface area contributed by atoms with Crippen molar-refractivity contribution in [3.05, 3.63) is 35.1 Å². The molecule has 1 rings (SSSR count). The molecule has 0 bridgehead atoms. The lowest BCUT2D eigenvalue weighted by atomic mass is 10.1. The molecule has 1 aromatic carbocycles. The van der Waals surface area contributed by atoms with Crippen LogP contribution in [0.25, 0.3) is 0 Å². The maximum atomic E-state index is 12.8. The molecule has 0 unspecified atom stereocenters. The monoisotopic (exact) mass is 260 g/mol. The number of hydrogen-bond acceptors (Lipinski definition) is 0. The molecule has 0 N–H and O–H groups in total. The van der Waals surface area contributed by atoms with Gasteiger partial charge in [0, 0.05) is 5.56 Å². The third kappa shape index (κ3) is 4.23. The summed E-state index contributed by atoms with van der Waals surface area (Å²) in [6.45, 7) is 5.78. The number of halogens is 4. The van der Waals surface area contributed by atoms with Gasteiger partial charge in [-0.15, -0.1) is 5.54 Å². The Kier molecular flexibility index (Phi) is 3.67. The Bertz CT molecular complexity index is 472. The summed E-state index contributed by atoms with van der Waals surface area (Å²) in [5, 5.41) is 0. The molecule has 0 spiro atoms. The van der Waals surface area contributed by atoms with Crippen LogP contribution in [0.4, 0.5) is 17.6 Å². The van der Waals surface area contributed by atoms with Crippen LogP contribution >= 0.6 is 0 Å². The summed E-state index contributed by atoms with van der Waals surface area (Å²) < 4.78 is 50.7. The van der Waals surface area contributed by atoms with Gasteiger partial charge in [-0.1, -0.05) is 25.6 Å². The van der Waals surface area contributed by atoms with Crippen LogP contribution in [0.2, 0.25) is 19.6 Å². The van der Waals surface area contributed by atoms with Gasteiger partial charge in [0.15, 0.2) is 0 Å². The van der Waals surface area contributed by atoms with Crippen LogP contribution in [-0.4, -0.2) is 8.07 Å². The normalized spacial score (nSPS) is 11.9. The van der Waals surface area contributed by atoms with Gasteiger partial charge in [-0.05, 0) is 18.2 Å². The van der Waals surface area contributed by atoms with E-state index in [9.17, 15) is 17.6 Å². The third-order valence-corrected chi connectivity index (χ3v) is 2.73. The number of benzene rings is 1. The molecule has 92 valence electrons. The van der Waals surface area contributed by atoms with Crippen molar-refractivity contribution in [3.8, 4) is 11.5 Å². The molecule has 0 fully saturated rings. The standard InChI is InChI=1S/C12H12F4Si/c1-17(2,3)7-6-9-4-5-10(13)8-11(9)12(14,15)16/h4-5,8H,1-3H3. The van der Waals surface area contributed by atoms with Crippen molar-refractivity contribution in [1.82, 2.24) is 0 Å². The minimum absolute atomic E-state index is 0.165. The molecule has 0 aromatic heterocycles. The lowest BCUT2D eigenvalue weighted by molar-refractivity contribution is -0.137. The van der Waals surface area contributed by atoms with Crippen molar-refractivity contribution in [2.45, 2.75) is 25.8 Å². The highest BCUT2D eigenvalue weighted by Crippen LogP contribution is 2.32. The van der Waals surface area contributed by atoms with Crippen LogP contribution < -0.4 is 0 Å². The minimum Gasteiger partial charge on any atom is -0.207 e. The highest BCUT2D eigenvalue weighted by molar-refractivity contribution is 6.83. The third-order valence-electron chi connectivity index (χ3n) is 1.86. The first kappa shape index (κ1) is 13.8. The fourth-order valence-electron chi connectivity index (χ4n) is 1.11. The topological polar surface area (TPSA) is 0 Å². The van der Waals surface area contributed by atoms with Gasteiger partial charge in [-0.2, -0.15) is 13.2 Å². The fraction of sp³-hybridized carbons (Fsp3) is 0.333. The Morgan fingerprint density at radius 1 is 1.12 bits per heavy atom. The molecule has 0 nitrogen and oxygen atoms in total. The highest BCUT2D eigenvalue weighted by Gasteiger charge is 2.33. The van der Waals surface area contributed by atoms with Crippen molar-refractivity contribution >= 4 is 8.07 Å². The van der Waals surface area contributed by atoms with E-state index in [-0.39, 0.29) is 5.56 Å². The Morgan fingerprint density at radius 2 is 1.71 bits per heavy atom. The predicted molar refractivity (Wildman–Crippen MR) is 61.6 cm³/mol. The lowest BCUT2D eigenvalue weighted by Crippen LogP contribution is -2.16. The molecule has 0 heterocycles. The molecule has 0 radical (unpaired) electrons. The molecule has 0 aliphatic heterocycles. The molecular weight excluding hydrogens is 248 g/mol. The fourth-order valence-corrected chi connectivity index (χ4v) is 1.62. The van der Waals surface area contributed by atoms with Gasteiger partial charge in [-0.25, -0.2) is 4.39 Å². The van der Waals surface area contributed by atoms with E-state index in [1.165, 1.54) is 0 Å². The van der Waals surface area contributed by atoms with Crippen molar-refractivity contribution in [1.29, 1.82) is 0 Å². The van der Waals surface area contributed by atoms with Crippen LogP contribution in [0.1, 0.15) is 11.1 Å². The second-order valence-corrected chi connectivity index (χ2v) is 9.44. The Labute approximate surface area is 98.7 Å². The Hall–Kier alpha value is -1.28. The number of hydrogen-bond donors (Lipinski definition) is 0. The first-order valence-electron chi connectivity index (χ1n) is 4.99. The molecule has 0 aliphatic carbocycles. The largest absolute Gasteiger partial charge is 0.417 e. The quantitative estimate of drug-likeness (QED) is 0.375. The van der Waals surface area contributed by atoms with E-state index in [0.717, 1.165) is 12.1 Å². The molecule has 0 aliphatic rings. The second kappa shape index (κ2) is 4.53. The molecule has 0 atom stereocenters. The average molecular weight is 260 g/mol. The Morgan fingerprint density at radius 3 is 2.18 bits per heavy atom. The zero-order chi connectivity index (χ0) is 13.3. The van der Waals surface area contributed by atoms with Gasteiger partial charge in [0.1, 0.15) is 13.9 Å². The maximum absolute atomic E-state index is 12.8. The minimum atomic E-state index is -4.58. The lowest BCUT2D eigenvalue weighted by Gasteiger charge is -2.10. The van der Waals surface area contributed by atoms with Crippen molar-refractivity contribution in [3.63, 3.8) is 0 Å². The van der Waals surface area contributed by atoms with E-state index in [0.29, 0.717) is 6.07 Å². The van der Waals surface area contributed by atoms with Gasteiger partial charge in [-0.3, -0.25) is 0 Å². The molecule has 1 aromatic rings. The highest BCUT2D eigenvalue weighted by atomic mass is 28.3. The average Bonchev–Trinajstić information content (AvgIpc) is 2.13. The van der Waals surface area contributed by atoms with Crippen molar-refractivity contribution in [2.75, 3.05) is 0 Å². The van der Waals surface area contributed by atoms with Crippen LogP contribution in [0, 0.1) is 17.3 Å². The van der Waals surface area contributed by atoms with Gasteiger partial charge in [0.2, 0.25) is 0 Å². The van der Waals surface area contributed by atoms with E-state index in [1.54, 1.807) is 0 Å². The first-order valence-corrected chi connectivity index (χ1v) is 8.49. The zero-order valence-electron chi connectivity index (χ0n) is 9.74. The second-order valence-electron chi connectivity index (χ2n) is 4.69. The van der Waals surface area contributed by atoms with Crippen molar-refractivity contribution < 1.29 is 17.6 Å². The van der Waals surface area contributed by atoms with Gasteiger partial charge in [0.05, 0.1) is 5.56 Å². The molecule has 0 saturated carbocycles. The SMILES string of the molecule is C[Si](C)(C)C#Cc1ccc(F)cc1C(F)(F)F. The van der Waals surface area contributed by atoms with Gasteiger partial charge < -0.3 is 0 Å². The van der Waals surface area contributed by atoms with Crippen LogP contribution in [0.5, 0.6) is 0 Å². The van der Waals surface area contributed by atoms with Crippen LogP contribution in [0.15, 0.2) is 18.2 Å². The summed E-state index contributed by atoms with van der Waals surface area (Å²) in [5.74, 6) is 1.61. The number of alkyl halides is 3. The molecular formula is C12H12F4Si. The van der Waals surface area contributed by atoms with E-state index < -0.39 is 25.6 Å². The zero-order valence-corrected chi connectivity index (χ0v) is 10.7. The molecule has 0 saturated heterocycles. The number of rotatable bonds is 0. The summed E-state index contributed by atoms with van der Waals surface area (Å²) in [6.07, 6.45) is -4.58. The maximum Gasteiger partial charge on any atom is 0.417 e. The summed E-state index contributed by atoms with van der Waals surface area (Å²) in [5.41, 5.74) is 1.66. The van der Waals surface area contributed by atoms with Crippen molar-refractivity contribution in [2.24, 2.45) is 0 Å². The molecule has 17 heavy (non-hydrogen) atoms. The van der Waals surface area contributed by atoms with Gasteiger partial charge >= 0.3 is 6.18 Å². The predicted octanol–water partition coefficient (Wildman–Crippen LogP) is 4.07. The van der Waals surface area contributed by atoms with E-state index >= 15 is 0 Å².